The predicted molar refractivity (Wildman–Crippen MR) is 89.1 cm³/mol. The first-order chi connectivity index (χ1) is 9.32. The summed E-state index contributed by atoms with van der Waals surface area (Å²) in [7, 11) is 0. The Morgan fingerprint density at radius 2 is 1.86 bits per heavy atom. The molecule has 7 heteroatoms. The fraction of sp³-hybridized carbons (Fsp3) is 0.500. The summed E-state index contributed by atoms with van der Waals surface area (Å²) in [4.78, 5) is 11.8. The van der Waals surface area contributed by atoms with Gasteiger partial charge in [-0.3, -0.25) is 4.79 Å². The van der Waals surface area contributed by atoms with Gasteiger partial charge in [-0.1, -0.05) is 43.1 Å². The molecule has 0 radical (unpaired) electrons. The van der Waals surface area contributed by atoms with Crippen LogP contribution in [-0.4, -0.2) is 23.6 Å². The highest BCUT2D eigenvalue weighted by Crippen LogP contribution is 2.29. The van der Waals surface area contributed by atoms with Crippen LogP contribution in [0.25, 0.3) is 0 Å². The van der Waals surface area contributed by atoms with Gasteiger partial charge in [-0.2, -0.15) is 0 Å². The van der Waals surface area contributed by atoms with Crippen LogP contribution in [0.1, 0.15) is 31.9 Å². The average molecular weight is 356 g/mol. The van der Waals surface area contributed by atoms with Crippen molar-refractivity contribution < 1.29 is 9.90 Å². The molecule has 0 heterocycles. The molecule has 0 aromatic heterocycles. The van der Waals surface area contributed by atoms with Gasteiger partial charge in [0.15, 0.2) is 0 Å². The molecule has 0 saturated heterocycles. The molecule has 0 bridgehead atoms. The van der Waals surface area contributed by atoms with E-state index in [4.69, 9.17) is 28.9 Å². The lowest BCUT2D eigenvalue weighted by Crippen LogP contribution is -2.42. The number of aliphatic hydroxyl groups is 1. The van der Waals surface area contributed by atoms with Gasteiger partial charge in [-0.05, 0) is 24.5 Å². The number of rotatable bonds is 6. The van der Waals surface area contributed by atoms with Gasteiger partial charge in [0, 0.05) is 22.2 Å². The Morgan fingerprint density at radius 1 is 1.33 bits per heavy atom. The van der Waals surface area contributed by atoms with Crippen molar-refractivity contribution in [1.82, 2.24) is 5.32 Å². The number of benzene rings is 1. The highest BCUT2D eigenvalue weighted by atomic mass is 35.5. The van der Waals surface area contributed by atoms with E-state index in [0.717, 1.165) is 0 Å². The topological polar surface area (TPSA) is 75.4 Å². The summed E-state index contributed by atoms with van der Waals surface area (Å²) in [6.45, 7) is 4.01. The second kappa shape index (κ2) is 9.49. The molecule has 120 valence electrons. The Balaban J connectivity index is 0.00000400. The van der Waals surface area contributed by atoms with E-state index < -0.39 is 12.1 Å². The molecular formula is C14H21Cl3N2O2. The lowest BCUT2D eigenvalue weighted by molar-refractivity contribution is -0.123. The van der Waals surface area contributed by atoms with E-state index in [1.807, 2.05) is 13.8 Å². The van der Waals surface area contributed by atoms with Crippen molar-refractivity contribution in [3.05, 3.63) is 33.8 Å². The van der Waals surface area contributed by atoms with Crippen LogP contribution in [0.2, 0.25) is 10.0 Å². The van der Waals surface area contributed by atoms with E-state index in [9.17, 15) is 9.90 Å². The summed E-state index contributed by atoms with van der Waals surface area (Å²) >= 11 is 12.0. The number of hydrogen-bond acceptors (Lipinski definition) is 3. The van der Waals surface area contributed by atoms with Gasteiger partial charge in [0.05, 0.1) is 12.1 Å². The first-order valence-corrected chi connectivity index (χ1v) is 7.23. The van der Waals surface area contributed by atoms with Crippen molar-refractivity contribution in [2.24, 2.45) is 11.7 Å². The van der Waals surface area contributed by atoms with E-state index in [2.05, 4.69) is 5.32 Å². The number of nitrogens with two attached hydrogens (primary N) is 1. The minimum Gasteiger partial charge on any atom is -0.386 e. The first-order valence-electron chi connectivity index (χ1n) is 6.48. The number of hydrogen-bond donors (Lipinski definition) is 3. The second-order valence-corrected chi connectivity index (χ2v) is 5.95. The van der Waals surface area contributed by atoms with Crippen LogP contribution in [0, 0.1) is 5.92 Å². The monoisotopic (exact) mass is 354 g/mol. The Hall–Kier alpha value is -0.520. The largest absolute Gasteiger partial charge is 0.386 e. The minimum atomic E-state index is -0.966. The Bertz CT molecular complexity index is 449. The van der Waals surface area contributed by atoms with Crippen LogP contribution in [0.3, 0.4) is 0 Å². The Kier molecular flexibility index (Phi) is 9.25. The molecule has 1 amide bonds. The summed E-state index contributed by atoms with van der Waals surface area (Å²) in [6.07, 6.45) is -0.374. The van der Waals surface area contributed by atoms with Crippen molar-refractivity contribution in [2.75, 3.05) is 6.54 Å². The third-order valence-electron chi connectivity index (χ3n) is 2.86. The van der Waals surface area contributed by atoms with Gasteiger partial charge in [-0.25, -0.2) is 0 Å². The molecule has 1 rings (SSSR count). The molecule has 1 aromatic rings. The highest BCUT2D eigenvalue weighted by molar-refractivity contribution is 6.36. The van der Waals surface area contributed by atoms with Crippen LogP contribution in [0.4, 0.5) is 0 Å². The average Bonchev–Trinajstić information content (AvgIpc) is 2.34. The number of halogens is 3. The quantitative estimate of drug-likeness (QED) is 0.734. The van der Waals surface area contributed by atoms with Crippen LogP contribution >= 0.6 is 35.6 Å². The normalized spacial score (nSPS) is 13.5. The number of nitrogens with one attached hydrogen (secondary N) is 1. The molecule has 0 saturated carbocycles. The maximum atomic E-state index is 11.8. The Labute approximate surface area is 141 Å². The van der Waals surface area contributed by atoms with Crippen molar-refractivity contribution in [3.8, 4) is 0 Å². The van der Waals surface area contributed by atoms with Crippen LogP contribution in [0.15, 0.2) is 18.2 Å². The van der Waals surface area contributed by atoms with Crippen molar-refractivity contribution >= 4 is 41.5 Å². The molecule has 21 heavy (non-hydrogen) atoms. The van der Waals surface area contributed by atoms with Crippen molar-refractivity contribution in [2.45, 2.75) is 32.4 Å². The third-order valence-corrected chi connectivity index (χ3v) is 3.52. The zero-order valence-corrected chi connectivity index (χ0v) is 14.3. The fourth-order valence-electron chi connectivity index (χ4n) is 1.87. The molecular weight excluding hydrogens is 335 g/mol. The lowest BCUT2D eigenvalue weighted by Gasteiger charge is -2.18. The minimum absolute atomic E-state index is 0. The van der Waals surface area contributed by atoms with E-state index in [1.54, 1.807) is 18.2 Å². The van der Waals surface area contributed by atoms with E-state index >= 15 is 0 Å². The summed E-state index contributed by atoms with van der Waals surface area (Å²) in [5.41, 5.74) is 6.17. The molecule has 4 nitrogen and oxygen atoms in total. The summed E-state index contributed by atoms with van der Waals surface area (Å²) in [5.74, 6) is 0.0413. The molecule has 0 aliphatic heterocycles. The molecule has 0 spiro atoms. The van der Waals surface area contributed by atoms with Crippen molar-refractivity contribution in [1.29, 1.82) is 0 Å². The number of amides is 1. The molecule has 0 aliphatic rings. The molecule has 2 atom stereocenters. The zero-order valence-electron chi connectivity index (χ0n) is 12.0. The third kappa shape index (κ3) is 6.41. The molecule has 1 unspecified atom stereocenters. The SMILES string of the molecule is CC(C)C[C@H](N)C(=O)NCC(O)c1c(Cl)cccc1Cl.Cl. The van der Waals surface area contributed by atoms with E-state index in [0.29, 0.717) is 27.9 Å². The molecule has 0 aliphatic carbocycles. The van der Waals surface area contributed by atoms with Gasteiger partial charge in [-0.15, -0.1) is 12.4 Å². The molecule has 4 N–H and O–H groups in total. The van der Waals surface area contributed by atoms with Crippen LogP contribution < -0.4 is 11.1 Å². The molecule has 0 fully saturated rings. The Morgan fingerprint density at radius 3 is 2.33 bits per heavy atom. The first kappa shape index (κ1) is 20.5. The highest BCUT2D eigenvalue weighted by Gasteiger charge is 2.19. The number of aliphatic hydroxyl groups excluding tert-OH is 1. The van der Waals surface area contributed by atoms with Crippen LogP contribution in [-0.2, 0) is 4.79 Å². The summed E-state index contributed by atoms with van der Waals surface area (Å²) in [6, 6.07) is 4.39. The smallest absolute Gasteiger partial charge is 0.237 e. The van der Waals surface area contributed by atoms with Gasteiger partial charge in [0.1, 0.15) is 0 Å². The standard InChI is InChI=1S/C14H20Cl2N2O2.ClH/c1-8(2)6-11(17)14(20)18-7-12(19)13-9(15)4-3-5-10(13)16;/h3-5,8,11-12,19H,6-7,17H2,1-2H3,(H,18,20);1H/t11-,12?;/m0./s1. The fourth-order valence-corrected chi connectivity index (χ4v) is 2.52. The maximum Gasteiger partial charge on any atom is 0.237 e. The van der Waals surface area contributed by atoms with Crippen LogP contribution in [0.5, 0.6) is 0 Å². The molecule has 1 aromatic carbocycles. The number of carbonyl (C=O) groups excluding carboxylic acids is 1. The van der Waals surface area contributed by atoms with Gasteiger partial charge < -0.3 is 16.2 Å². The number of carbonyl (C=O) groups is 1. The summed E-state index contributed by atoms with van der Waals surface area (Å²) in [5, 5.41) is 13.4. The van der Waals surface area contributed by atoms with E-state index in [-0.39, 0.29) is 24.9 Å². The zero-order chi connectivity index (χ0) is 15.3. The van der Waals surface area contributed by atoms with Gasteiger partial charge in [0.25, 0.3) is 0 Å². The van der Waals surface area contributed by atoms with Gasteiger partial charge >= 0.3 is 0 Å². The van der Waals surface area contributed by atoms with E-state index in [1.165, 1.54) is 0 Å². The van der Waals surface area contributed by atoms with Gasteiger partial charge in [0.2, 0.25) is 5.91 Å². The predicted octanol–water partition coefficient (Wildman–Crippen LogP) is 2.94. The summed E-state index contributed by atoms with van der Waals surface area (Å²) < 4.78 is 0. The lowest BCUT2D eigenvalue weighted by atomic mass is 10.0. The van der Waals surface area contributed by atoms with Crippen molar-refractivity contribution in [3.63, 3.8) is 0 Å². The second-order valence-electron chi connectivity index (χ2n) is 5.13. The maximum absolute atomic E-state index is 11.8.